The van der Waals surface area contributed by atoms with Gasteiger partial charge < -0.3 is 4.57 Å². The van der Waals surface area contributed by atoms with Crippen molar-refractivity contribution >= 4 is 323 Å². The van der Waals surface area contributed by atoms with Gasteiger partial charge >= 0.3 is 0 Å². The standard InChI is InChI=1S/C72H11N3/c1-9-2-4-73-11(6-9)12-7-10(3-5-74-12)8-75-71-67-60-53-41-33-24-15-13-14-16-19(15)28-35(33)43-44-36(28)34-25(16)27-23-18(14)21-20-17(13)22-26(24)39(41)47-45-31(22)29(20)37-38-30(21)32(23)46-48-40(27)42(34)54-56(44)65(64(67)55(43)53)68-61(54)59(48)63-52(46)50(38)57-49(37)51(45)62(58(47)60)69(71)66(57)70(63)72(68)75/h2-7H,8H2,1H3. The molecule has 0 aliphatic carbocycles. The van der Waals surface area contributed by atoms with Crippen LogP contribution in [0.1, 0.15) is 11.1 Å². The van der Waals surface area contributed by atoms with Crippen molar-refractivity contribution < 1.29 is 0 Å². The van der Waals surface area contributed by atoms with Gasteiger partial charge in [-0.1, -0.05) is 0 Å². The highest BCUT2D eigenvalue weighted by atomic mass is 15.0. The van der Waals surface area contributed by atoms with Gasteiger partial charge in [0, 0.05) is 331 Å². The monoisotopic (exact) mass is 917 g/mol. The quantitative estimate of drug-likeness (QED) is 0.131. The maximum atomic E-state index is 5.04. The Balaban J connectivity index is 1.08. The van der Waals surface area contributed by atoms with Gasteiger partial charge in [0.1, 0.15) is 0 Å². The first-order chi connectivity index (χ1) is 37.3. The third kappa shape index (κ3) is 1.71. The minimum absolute atomic E-state index is 0.769. The minimum Gasteiger partial charge on any atom is -0.335 e. The third-order valence-electron chi connectivity index (χ3n) is 25.1. The van der Waals surface area contributed by atoms with Gasteiger partial charge in [-0.2, -0.15) is 0 Å². The lowest BCUT2D eigenvalue weighted by Crippen LogP contribution is -2.07. The van der Waals surface area contributed by atoms with Crippen molar-refractivity contribution in [2.75, 3.05) is 0 Å². The van der Waals surface area contributed by atoms with Crippen LogP contribution in [0.4, 0.5) is 0 Å². The van der Waals surface area contributed by atoms with Crippen LogP contribution in [0.2, 0.25) is 0 Å². The predicted octanol–water partition coefficient (Wildman–Crippen LogP) is 19.9. The Bertz CT molecular complexity index is 7590. The summed E-state index contributed by atoms with van der Waals surface area (Å²) >= 11 is 0. The summed E-state index contributed by atoms with van der Waals surface area (Å²) in [5.74, 6) is 0. The van der Waals surface area contributed by atoms with Gasteiger partial charge in [0.05, 0.1) is 22.4 Å². The molecular weight excluding hydrogens is 907 g/mol. The SMILES string of the molecule is Cc1ccnc(-c2cc(Cn3c4c5c6c7c8c9c%10c%11c%12c%13c%14c%11c%11c9c9c%15c%11c%11c%14c%14c%16c%13c%13c%17c%12c%12c%10c8c8c%10c%12c%17c%12c%17c%13c%16c%13c%16c%14c%11c%11c%15c(c5c97)c5c%11c%16c7c%13c%17c9c%12c%10c(c86)c4c9c7c53)ccn2)c1. The zero-order chi connectivity index (χ0) is 44.9. The normalized spacial score (nSPS) is 16.7. The first kappa shape index (κ1) is 28.5. The van der Waals surface area contributed by atoms with Crippen molar-refractivity contribution in [3.05, 3.63) is 47.8 Å². The van der Waals surface area contributed by atoms with Gasteiger partial charge in [-0.05, 0) is 42.3 Å². The number of aryl methyl sites for hydroxylation is 1. The van der Waals surface area contributed by atoms with Crippen LogP contribution < -0.4 is 0 Å². The lowest BCUT2D eigenvalue weighted by Gasteiger charge is -2.25. The van der Waals surface area contributed by atoms with Crippen LogP contribution in [0, 0.1) is 6.92 Å². The molecule has 3 heterocycles. The number of hydrogen-bond acceptors (Lipinski definition) is 2. The van der Waals surface area contributed by atoms with Crippen molar-refractivity contribution in [3.63, 3.8) is 0 Å². The first-order valence-electron chi connectivity index (χ1n) is 27.5. The van der Waals surface area contributed by atoms with E-state index >= 15 is 0 Å². The van der Waals surface area contributed by atoms with Crippen molar-refractivity contribution in [2.24, 2.45) is 0 Å². The molecule has 0 aliphatic heterocycles. The molecule has 0 fully saturated rings. The molecule has 0 saturated heterocycles. The first-order valence-corrected chi connectivity index (χ1v) is 27.5. The van der Waals surface area contributed by atoms with Gasteiger partial charge in [0.15, 0.2) is 0 Å². The van der Waals surface area contributed by atoms with Crippen molar-refractivity contribution in [3.8, 4) is 11.4 Å². The van der Waals surface area contributed by atoms with Crippen LogP contribution in [0.5, 0.6) is 0 Å². The van der Waals surface area contributed by atoms with E-state index in [0.29, 0.717) is 0 Å². The van der Waals surface area contributed by atoms with E-state index in [-0.39, 0.29) is 0 Å². The second kappa shape index (κ2) is 6.82. The highest BCUT2D eigenvalue weighted by Crippen LogP contribution is 2.80. The van der Waals surface area contributed by atoms with E-state index in [4.69, 9.17) is 9.97 Å². The fourth-order valence-corrected chi connectivity index (χ4v) is 24.3. The molecule has 0 unspecified atom stereocenters. The van der Waals surface area contributed by atoms with Crippen molar-refractivity contribution in [1.82, 2.24) is 14.5 Å². The van der Waals surface area contributed by atoms with Crippen LogP contribution in [0.15, 0.2) is 36.7 Å². The largest absolute Gasteiger partial charge is 0.335 e. The van der Waals surface area contributed by atoms with E-state index in [1.54, 1.807) is 312 Å². The van der Waals surface area contributed by atoms with Crippen LogP contribution in [-0.2, 0) is 6.54 Å². The molecule has 0 N–H and O–H groups in total. The van der Waals surface area contributed by atoms with Gasteiger partial charge in [-0.25, -0.2) is 0 Å². The van der Waals surface area contributed by atoms with Crippen LogP contribution in [0.3, 0.4) is 0 Å². The van der Waals surface area contributed by atoms with E-state index in [1.165, 1.54) is 22.2 Å². The molecule has 30 aromatic carbocycles. The fraction of sp³-hybridized carbons (Fsp3) is 0.0278. The molecule has 0 amide bonds. The maximum Gasteiger partial charge on any atom is 0.0889 e. The Labute approximate surface area is 408 Å². The number of nitrogens with zero attached hydrogens (tertiary/aromatic N) is 3. The molecule has 0 bridgehead atoms. The molecule has 75 heavy (non-hydrogen) atoms. The zero-order valence-corrected chi connectivity index (χ0v) is 38.5. The number of benzene rings is 19. The Morgan fingerprint density at radius 3 is 0.653 bits per heavy atom. The van der Waals surface area contributed by atoms with E-state index in [0.717, 1.165) is 17.9 Å². The molecule has 0 radical (unpaired) electrons. The smallest absolute Gasteiger partial charge is 0.0889 e. The van der Waals surface area contributed by atoms with Gasteiger partial charge in [0.25, 0.3) is 0 Å². The highest BCUT2D eigenvalue weighted by molar-refractivity contribution is 6.84. The molecule has 0 atom stereocenters. The number of aromatic nitrogens is 3. The number of pyridine rings is 3. The average Bonchev–Trinajstić information content (AvgIpc) is 3.33. The summed E-state index contributed by atoms with van der Waals surface area (Å²) in [6.45, 7) is 2.94. The molecule has 3 nitrogen and oxygen atoms in total. The van der Waals surface area contributed by atoms with Crippen LogP contribution in [0.25, 0.3) is 335 Å². The summed E-state index contributed by atoms with van der Waals surface area (Å²) in [6, 6.07) is 9.00. The summed E-state index contributed by atoms with van der Waals surface area (Å²) in [7, 11) is 0. The molecule has 3 heteroatoms. The topological polar surface area (TPSA) is 30.7 Å². The molecular formula is C72H11N3. The molecule has 33 aromatic rings. The third-order valence-corrected chi connectivity index (χ3v) is 25.1. The summed E-state index contributed by atoms with van der Waals surface area (Å²) in [4.78, 5) is 9.95. The van der Waals surface area contributed by atoms with E-state index in [1.807, 2.05) is 6.20 Å². The highest BCUT2D eigenvalue weighted by Gasteiger charge is 2.51. The summed E-state index contributed by atoms with van der Waals surface area (Å²) in [5, 5.41) is 93.9. The second-order valence-electron chi connectivity index (χ2n) is 26.3. The van der Waals surface area contributed by atoms with Gasteiger partial charge in [0.2, 0.25) is 0 Å². The van der Waals surface area contributed by atoms with E-state index in [2.05, 4.69) is 42.0 Å². The molecule has 0 spiro atoms. The molecule has 3 aromatic heterocycles. The Morgan fingerprint density at radius 1 is 0.240 bits per heavy atom. The van der Waals surface area contributed by atoms with E-state index < -0.39 is 0 Å². The summed E-state index contributed by atoms with van der Waals surface area (Å²) in [5.41, 5.74) is 7.42. The molecule has 0 saturated carbocycles. The summed E-state index contributed by atoms with van der Waals surface area (Å²) in [6.07, 6.45) is 4.01. The van der Waals surface area contributed by atoms with Crippen molar-refractivity contribution in [1.29, 1.82) is 0 Å². The maximum absolute atomic E-state index is 5.04. The molecule has 33 rings (SSSR count). The number of hydrogen-bond donors (Lipinski definition) is 0. The molecule has 0 aliphatic rings. The molecule has 314 valence electrons. The number of fused-ring (bicyclic) bond motifs is 5. The van der Waals surface area contributed by atoms with Gasteiger partial charge in [-0.3, -0.25) is 9.97 Å². The Hall–Kier alpha value is -9.70. The van der Waals surface area contributed by atoms with Crippen LogP contribution in [-0.4, -0.2) is 14.5 Å². The second-order valence-corrected chi connectivity index (χ2v) is 26.3. The predicted molar refractivity (Wildman–Crippen MR) is 319 cm³/mol. The zero-order valence-electron chi connectivity index (χ0n) is 38.5. The number of rotatable bonds is 3. The van der Waals surface area contributed by atoms with E-state index in [9.17, 15) is 0 Å². The fourth-order valence-electron chi connectivity index (χ4n) is 24.3. The average molecular weight is 918 g/mol. The Morgan fingerprint density at radius 2 is 0.427 bits per heavy atom. The van der Waals surface area contributed by atoms with Gasteiger partial charge in [-0.15, -0.1) is 0 Å². The van der Waals surface area contributed by atoms with Crippen molar-refractivity contribution in [2.45, 2.75) is 13.5 Å². The minimum atomic E-state index is 0.769. The van der Waals surface area contributed by atoms with Crippen LogP contribution >= 0.6 is 0 Å². The Kier molecular flexibility index (Phi) is 2.59. The lowest BCUT2D eigenvalue weighted by atomic mass is 9.84. The lowest BCUT2D eigenvalue weighted by molar-refractivity contribution is 0.868. The summed E-state index contributed by atoms with van der Waals surface area (Å²) < 4.78 is 2.97.